The van der Waals surface area contributed by atoms with Crippen LogP contribution in [-0.4, -0.2) is 43.8 Å². The summed E-state index contributed by atoms with van der Waals surface area (Å²) in [6.07, 6.45) is 0.394. The van der Waals surface area contributed by atoms with E-state index >= 15 is 0 Å². The standard InChI is InChI=1S/C10H13NO3S/c12-5-10-3-8(7-15-10)11-1-2-14-6-9(13)4-11/h3,5,7,9,13H,1-2,4,6H2. The lowest BCUT2D eigenvalue weighted by Gasteiger charge is -2.21. The number of aliphatic hydroxyl groups is 1. The van der Waals surface area contributed by atoms with Gasteiger partial charge in [-0.15, -0.1) is 11.3 Å². The van der Waals surface area contributed by atoms with E-state index in [1.54, 1.807) is 0 Å². The van der Waals surface area contributed by atoms with Crippen molar-refractivity contribution in [2.75, 3.05) is 31.2 Å². The smallest absolute Gasteiger partial charge is 0.160 e. The first-order valence-electron chi connectivity index (χ1n) is 4.84. The monoisotopic (exact) mass is 227 g/mol. The first-order valence-corrected chi connectivity index (χ1v) is 5.72. The highest BCUT2D eigenvalue weighted by molar-refractivity contribution is 7.12. The molecule has 1 fully saturated rings. The fourth-order valence-electron chi connectivity index (χ4n) is 1.60. The normalized spacial score (nSPS) is 22.5. The second-order valence-electron chi connectivity index (χ2n) is 3.50. The van der Waals surface area contributed by atoms with Crippen LogP contribution in [0.3, 0.4) is 0 Å². The Morgan fingerprint density at radius 1 is 1.67 bits per heavy atom. The van der Waals surface area contributed by atoms with Crippen LogP contribution in [-0.2, 0) is 4.74 Å². The molecule has 0 spiro atoms. The maximum absolute atomic E-state index is 10.6. The van der Waals surface area contributed by atoms with Crippen LogP contribution in [0, 0.1) is 0 Å². The van der Waals surface area contributed by atoms with E-state index in [1.165, 1.54) is 11.3 Å². The summed E-state index contributed by atoms with van der Waals surface area (Å²) >= 11 is 1.42. The number of carbonyl (C=O) groups excluding carboxylic acids is 1. The highest BCUT2D eigenvalue weighted by atomic mass is 32.1. The predicted octanol–water partition coefficient (Wildman–Crippen LogP) is 0.758. The van der Waals surface area contributed by atoms with Gasteiger partial charge in [0.1, 0.15) is 0 Å². The number of hydrogen-bond donors (Lipinski definition) is 1. The average molecular weight is 227 g/mol. The molecular weight excluding hydrogens is 214 g/mol. The molecule has 1 aliphatic heterocycles. The van der Waals surface area contributed by atoms with Gasteiger partial charge in [0.15, 0.2) is 6.29 Å². The average Bonchev–Trinajstić information content (AvgIpc) is 2.61. The fourth-order valence-corrected chi connectivity index (χ4v) is 2.32. The minimum Gasteiger partial charge on any atom is -0.389 e. The molecule has 1 aromatic rings. The summed E-state index contributed by atoms with van der Waals surface area (Å²) in [6, 6.07) is 1.84. The van der Waals surface area contributed by atoms with Gasteiger partial charge in [-0.1, -0.05) is 0 Å². The summed E-state index contributed by atoms with van der Waals surface area (Å²) < 4.78 is 5.23. The number of nitrogens with zero attached hydrogens (tertiary/aromatic N) is 1. The third-order valence-electron chi connectivity index (χ3n) is 2.33. The van der Waals surface area contributed by atoms with E-state index in [-0.39, 0.29) is 0 Å². The molecule has 1 saturated heterocycles. The minimum absolute atomic E-state index is 0.390. The molecule has 1 aliphatic rings. The Labute approximate surface area is 92.1 Å². The summed E-state index contributed by atoms with van der Waals surface area (Å²) in [5.41, 5.74) is 0.992. The Morgan fingerprint density at radius 2 is 2.53 bits per heavy atom. The molecule has 1 atom stereocenters. The summed E-state index contributed by atoms with van der Waals surface area (Å²) in [6.45, 7) is 2.33. The topological polar surface area (TPSA) is 49.8 Å². The van der Waals surface area contributed by atoms with E-state index in [0.29, 0.717) is 24.6 Å². The Kier molecular flexibility index (Phi) is 3.35. The summed E-state index contributed by atoms with van der Waals surface area (Å²) in [4.78, 5) is 13.3. The maximum atomic E-state index is 10.6. The second-order valence-corrected chi connectivity index (χ2v) is 4.44. The quantitative estimate of drug-likeness (QED) is 0.758. The number of carbonyl (C=O) groups is 1. The van der Waals surface area contributed by atoms with Gasteiger partial charge in [-0.3, -0.25) is 4.79 Å². The van der Waals surface area contributed by atoms with E-state index in [4.69, 9.17) is 4.74 Å². The van der Waals surface area contributed by atoms with Crippen molar-refractivity contribution >= 4 is 23.3 Å². The van der Waals surface area contributed by atoms with Crippen molar-refractivity contribution in [1.82, 2.24) is 0 Å². The van der Waals surface area contributed by atoms with Gasteiger partial charge >= 0.3 is 0 Å². The van der Waals surface area contributed by atoms with Crippen molar-refractivity contribution in [3.05, 3.63) is 16.3 Å². The van der Waals surface area contributed by atoms with Gasteiger partial charge in [-0.2, -0.15) is 0 Å². The number of ether oxygens (including phenoxy) is 1. The van der Waals surface area contributed by atoms with Crippen molar-refractivity contribution in [2.24, 2.45) is 0 Å². The lowest BCUT2D eigenvalue weighted by molar-refractivity contribution is 0.0597. The van der Waals surface area contributed by atoms with Crippen molar-refractivity contribution in [3.8, 4) is 0 Å². The van der Waals surface area contributed by atoms with Gasteiger partial charge in [0, 0.05) is 24.2 Å². The zero-order chi connectivity index (χ0) is 10.7. The van der Waals surface area contributed by atoms with Gasteiger partial charge in [-0.05, 0) is 6.07 Å². The molecule has 1 unspecified atom stereocenters. The Morgan fingerprint density at radius 3 is 3.27 bits per heavy atom. The second kappa shape index (κ2) is 4.74. The SMILES string of the molecule is O=Cc1cc(N2CCOCC(O)C2)cs1. The molecule has 4 nitrogen and oxygen atoms in total. The van der Waals surface area contributed by atoms with Crippen LogP contribution in [0.15, 0.2) is 11.4 Å². The molecule has 2 heterocycles. The number of rotatable bonds is 2. The third kappa shape index (κ3) is 2.56. The van der Waals surface area contributed by atoms with Gasteiger partial charge in [0.05, 0.1) is 24.2 Å². The van der Waals surface area contributed by atoms with Crippen molar-refractivity contribution in [3.63, 3.8) is 0 Å². The first kappa shape index (κ1) is 10.6. The Bertz CT molecular complexity index is 339. The Balaban J connectivity index is 2.10. The first-order chi connectivity index (χ1) is 7.29. The largest absolute Gasteiger partial charge is 0.389 e. The Hall–Kier alpha value is -0.910. The lowest BCUT2D eigenvalue weighted by Crippen LogP contribution is -2.32. The lowest BCUT2D eigenvalue weighted by atomic mass is 10.3. The molecule has 0 aromatic carbocycles. The van der Waals surface area contributed by atoms with Crippen molar-refractivity contribution < 1.29 is 14.6 Å². The molecule has 82 valence electrons. The molecule has 0 amide bonds. The van der Waals surface area contributed by atoms with Crippen LogP contribution < -0.4 is 4.90 Å². The van der Waals surface area contributed by atoms with E-state index in [9.17, 15) is 9.90 Å². The summed E-state index contributed by atoms with van der Waals surface area (Å²) in [7, 11) is 0. The van der Waals surface area contributed by atoms with Crippen LogP contribution in [0.4, 0.5) is 5.69 Å². The number of aliphatic hydroxyl groups excluding tert-OH is 1. The molecule has 5 heteroatoms. The zero-order valence-corrected chi connectivity index (χ0v) is 9.07. The minimum atomic E-state index is -0.452. The molecule has 2 rings (SSSR count). The van der Waals surface area contributed by atoms with Crippen LogP contribution >= 0.6 is 11.3 Å². The van der Waals surface area contributed by atoms with E-state index < -0.39 is 6.10 Å². The summed E-state index contributed by atoms with van der Waals surface area (Å²) in [5.74, 6) is 0. The van der Waals surface area contributed by atoms with Crippen molar-refractivity contribution in [2.45, 2.75) is 6.10 Å². The molecule has 0 aliphatic carbocycles. The van der Waals surface area contributed by atoms with E-state index in [2.05, 4.69) is 0 Å². The van der Waals surface area contributed by atoms with E-state index in [1.807, 2.05) is 16.3 Å². The van der Waals surface area contributed by atoms with Gasteiger partial charge in [0.25, 0.3) is 0 Å². The zero-order valence-electron chi connectivity index (χ0n) is 8.26. The fraction of sp³-hybridized carbons (Fsp3) is 0.500. The number of β-amino-alcohol motifs (C(OH)–C–C–N with tert-alkyl or cyclic N) is 1. The van der Waals surface area contributed by atoms with Gasteiger partial charge in [0.2, 0.25) is 0 Å². The molecular formula is C10H13NO3S. The van der Waals surface area contributed by atoms with Crippen molar-refractivity contribution in [1.29, 1.82) is 0 Å². The van der Waals surface area contributed by atoms with Gasteiger partial charge in [-0.25, -0.2) is 0 Å². The molecule has 0 radical (unpaired) electrons. The number of hydrogen-bond acceptors (Lipinski definition) is 5. The third-order valence-corrected chi connectivity index (χ3v) is 3.18. The van der Waals surface area contributed by atoms with Crippen LogP contribution in [0.5, 0.6) is 0 Å². The number of aldehydes is 1. The molecule has 1 aromatic heterocycles. The van der Waals surface area contributed by atoms with Crippen LogP contribution in [0.1, 0.15) is 9.67 Å². The van der Waals surface area contributed by atoms with E-state index in [0.717, 1.165) is 18.5 Å². The molecule has 1 N–H and O–H groups in total. The highest BCUT2D eigenvalue weighted by Crippen LogP contribution is 2.22. The van der Waals surface area contributed by atoms with Crippen LogP contribution in [0.2, 0.25) is 0 Å². The molecule has 15 heavy (non-hydrogen) atoms. The predicted molar refractivity (Wildman–Crippen MR) is 58.7 cm³/mol. The summed E-state index contributed by atoms with van der Waals surface area (Å²) in [5, 5.41) is 11.5. The van der Waals surface area contributed by atoms with Gasteiger partial charge < -0.3 is 14.7 Å². The maximum Gasteiger partial charge on any atom is 0.160 e. The molecule has 0 saturated carbocycles. The highest BCUT2D eigenvalue weighted by Gasteiger charge is 2.17. The molecule has 0 bridgehead atoms. The number of anilines is 1. The van der Waals surface area contributed by atoms with Crippen LogP contribution in [0.25, 0.3) is 0 Å². The number of thiophene rings is 1.